The van der Waals surface area contributed by atoms with E-state index in [1.54, 1.807) is 14.1 Å². The highest BCUT2D eigenvalue weighted by atomic mass is 32.2. The molecule has 108 valence electrons. The molecule has 0 saturated heterocycles. The van der Waals surface area contributed by atoms with Gasteiger partial charge in [0.15, 0.2) is 0 Å². The maximum absolute atomic E-state index is 11.5. The van der Waals surface area contributed by atoms with Crippen LogP contribution in [-0.2, 0) is 0 Å². The lowest BCUT2D eigenvalue weighted by atomic mass is 9.87. The first-order valence-electron chi connectivity index (χ1n) is 6.13. The van der Waals surface area contributed by atoms with Gasteiger partial charge in [-0.3, -0.25) is 4.79 Å². The molecule has 0 radical (unpaired) electrons. The maximum atomic E-state index is 11.5. The molecule has 0 fully saturated rings. The predicted octanol–water partition coefficient (Wildman–Crippen LogP) is 3.52. The number of rotatable bonds is 4. The number of hydrogen-bond donors (Lipinski definition) is 0. The fraction of sp³-hybridized carbons (Fsp3) is 0.750. The van der Waals surface area contributed by atoms with E-state index in [1.165, 1.54) is 16.4 Å². The van der Waals surface area contributed by atoms with Crippen molar-refractivity contribution in [1.82, 2.24) is 14.3 Å². The van der Waals surface area contributed by atoms with Crippen molar-refractivity contribution in [3.05, 3.63) is 0 Å². The standard InChI is InChI=1S/C12H21N3O2S2/c1-7-8(12(2,3)4)17-10-13-9(14-19-10)18-11(16)15(5)6/h8H,7H2,1-6H3. The van der Waals surface area contributed by atoms with E-state index < -0.39 is 0 Å². The van der Waals surface area contributed by atoms with Gasteiger partial charge < -0.3 is 9.64 Å². The zero-order valence-electron chi connectivity index (χ0n) is 12.3. The Bertz CT molecular complexity index is 427. The van der Waals surface area contributed by atoms with Crippen molar-refractivity contribution in [2.24, 2.45) is 5.41 Å². The summed E-state index contributed by atoms with van der Waals surface area (Å²) in [7, 11) is 3.40. The van der Waals surface area contributed by atoms with Crippen LogP contribution < -0.4 is 4.74 Å². The highest BCUT2D eigenvalue weighted by molar-refractivity contribution is 8.13. The average Bonchev–Trinajstić information content (AvgIpc) is 2.71. The van der Waals surface area contributed by atoms with E-state index in [1.807, 2.05) is 0 Å². The van der Waals surface area contributed by atoms with Gasteiger partial charge in [0.05, 0.1) is 0 Å². The van der Waals surface area contributed by atoms with Crippen molar-refractivity contribution in [1.29, 1.82) is 0 Å². The molecule has 1 aromatic heterocycles. The maximum Gasteiger partial charge on any atom is 0.294 e. The van der Waals surface area contributed by atoms with Crippen LogP contribution >= 0.6 is 23.3 Å². The van der Waals surface area contributed by atoms with Gasteiger partial charge in [0, 0.05) is 37.4 Å². The molecule has 19 heavy (non-hydrogen) atoms. The van der Waals surface area contributed by atoms with Crippen LogP contribution in [0.4, 0.5) is 4.79 Å². The molecule has 7 heteroatoms. The largest absolute Gasteiger partial charge is 0.465 e. The first-order valence-corrected chi connectivity index (χ1v) is 7.72. The van der Waals surface area contributed by atoms with Gasteiger partial charge in [-0.2, -0.15) is 9.36 Å². The summed E-state index contributed by atoms with van der Waals surface area (Å²) < 4.78 is 9.99. The third kappa shape index (κ3) is 4.99. The van der Waals surface area contributed by atoms with Crippen molar-refractivity contribution in [2.75, 3.05) is 14.1 Å². The quantitative estimate of drug-likeness (QED) is 0.797. The summed E-state index contributed by atoms with van der Waals surface area (Å²) in [6.07, 6.45) is 0.991. The fourth-order valence-electron chi connectivity index (χ4n) is 1.45. The Kier molecular flexibility index (Phi) is 5.61. The Labute approximate surface area is 122 Å². The van der Waals surface area contributed by atoms with Crippen molar-refractivity contribution in [3.8, 4) is 5.19 Å². The number of amides is 1. The molecule has 0 spiro atoms. The van der Waals surface area contributed by atoms with E-state index in [0.29, 0.717) is 10.4 Å². The third-order valence-electron chi connectivity index (χ3n) is 2.51. The van der Waals surface area contributed by atoms with Crippen LogP contribution in [0.25, 0.3) is 0 Å². The highest BCUT2D eigenvalue weighted by Gasteiger charge is 2.26. The molecule has 1 heterocycles. The van der Waals surface area contributed by atoms with Gasteiger partial charge in [0.2, 0.25) is 5.16 Å². The SMILES string of the molecule is CCC(Oc1nc(SC(=O)N(C)C)ns1)C(C)(C)C. The molecular weight excluding hydrogens is 282 g/mol. The molecule has 5 nitrogen and oxygen atoms in total. The molecule has 1 amide bonds. The molecule has 0 aliphatic carbocycles. The highest BCUT2D eigenvalue weighted by Crippen LogP contribution is 2.29. The Hall–Kier alpha value is -0.820. The zero-order chi connectivity index (χ0) is 14.6. The minimum Gasteiger partial charge on any atom is -0.465 e. The summed E-state index contributed by atoms with van der Waals surface area (Å²) in [4.78, 5) is 17.3. The molecule has 0 aliphatic heterocycles. The number of aromatic nitrogens is 2. The van der Waals surface area contributed by atoms with E-state index in [0.717, 1.165) is 18.2 Å². The monoisotopic (exact) mass is 303 g/mol. The lowest BCUT2D eigenvalue weighted by molar-refractivity contribution is 0.0826. The molecule has 1 unspecified atom stereocenters. The lowest BCUT2D eigenvalue weighted by Crippen LogP contribution is -2.31. The summed E-state index contributed by atoms with van der Waals surface area (Å²) in [6, 6.07) is 0. The van der Waals surface area contributed by atoms with Crippen LogP contribution in [0.3, 0.4) is 0 Å². The molecule has 1 atom stereocenters. The van der Waals surface area contributed by atoms with Gasteiger partial charge in [-0.15, -0.1) is 0 Å². The Balaban J connectivity index is 2.67. The van der Waals surface area contributed by atoms with E-state index in [-0.39, 0.29) is 16.8 Å². The second-order valence-corrected chi connectivity index (χ2v) is 7.12. The topological polar surface area (TPSA) is 55.3 Å². The summed E-state index contributed by atoms with van der Waals surface area (Å²) in [5, 5.41) is 0.880. The molecular formula is C12H21N3O2S2. The van der Waals surface area contributed by atoms with Crippen LogP contribution in [-0.4, -0.2) is 39.7 Å². The molecule has 0 aliphatic rings. The van der Waals surface area contributed by atoms with Crippen LogP contribution in [0.5, 0.6) is 5.19 Å². The molecule has 0 bridgehead atoms. The lowest BCUT2D eigenvalue weighted by Gasteiger charge is -2.28. The van der Waals surface area contributed by atoms with Crippen LogP contribution in [0.15, 0.2) is 5.16 Å². The van der Waals surface area contributed by atoms with Crippen molar-refractivity contribution in [2.45, 2.75) is 45.4 Å². The minimum absolute atomic E-state index is 0.0488. The Morgan fingerprint density at radius 3 is 2.58 bits per heavy atom. The Morgan fingerprint density at radius 1 is 1.47 bits per heavy atom. The first-order chi connectivity index (χ1) is 8.74. The fourth-order valence-corrected chi connectivity index (χ4v) is 2.72. The number of nitrogens with zero attached hydrogens (tertiary/aromatic N) is 3. The summed E-state index contributed by atoms with van der Waals surface area (Å²) in [5.41, 5.74) is 0.0488. The number of thioether (sulfide) groups is 1. The van der Waals surface area contributed by atoms with Gasteiger partial charge in [0.25, 0.3) is 10.4 Å². The minimum atomic E-state index is -0.0905. The van der Waals surface area contributed by atoms with Crippen molar-refractivity contribution in [3.63, 3.8) is 0 Å². The van der Waals surface area contributed by atoms with Crippen LogP contribution in [0.1, 0.15) is 34.1 Å². The summed E-state index contributed by atoms with van der Waals surface area (Å²) in [5.74, 6) is 0. The summed E-state index contributed by atoms with van der Waals surface area (Å²) >= 11 is 2.20. The van der Waals surface area contributed by atoms with Crippen molar-refractivity contribution < 1.29 is 9.53 Å². The zero-order valence-corrected chi connectivity index (χ0v) is 13.9. The smallest absolute Gasteiger partial charge is 0.294 e. The van der Waals surface area contributed by atoms with E-state index in [4.69, 9.17) is 4.74 Å². The Morgan fingerprint density at radius 2 is 2.11 bits per heavy atom. The molecule has 0 aromatic carbocycles. The van der Waals surface area contributed by atoms with Gasteiger partial charge in [-0.1, -0.05) is 27.7 Å². The van der Waals surface area contributed by atoms with Crippen LogP contribution in [0, 0.1) is 5.41 Å². The third-order valence-corrected chi connectivity index (χ3v) is 4.14. The first kappa shape index (κ1) is 16.2. The average molecular weight is 303 g/mol. The number of carbonyl (C=O) groups excluding carboxylic acids is 1. The van der Waals surface area contributed by atoms with Crippen molar-refractivity contribution >= 4 is 28.5 Å². The number of ether oxygens (including phenoxy) is 1. The molecule has 0 saturated carbocycles. The van der Waals surface area contributed by atoms with E-state index >= 15 is 0 Å². The number of hydrogen-bond acceptors (Lipinski definition) is 6. The van der Waals surface area contributed by atoms with E-state index in [9.17, 15) is 4.79 Å². The number of carbonyl (C=O) groups is 1. The molecule has 0 N–H and O–H groups in total. The second kappa shape index (κ2) is 6.56. The summed E-state index contributed by atoms with van der Waals surface area (Å²) in [6.45, 7) is 8.48. The van der Waals surface area contributed by atoms with Gasteiger partial charge >= 0.3 is 0 Å². The van der Waals surface area contributed by atoms with Gasteiger partial charge in [-0.05, 0) is 11.8 Å². The van der Waals surface area contributed by atoms with Crippen LogP contribution in [0.2, 0.25) is 0 Å². The normalized spacial score (nSPS) is 13.2. The predicted molar refractivity (Wildman–Crippen MR) is 79.0 cm³/mol. The molecule has 1 rings (SSSR count). The molecule has 1 aromatic rings. The van der Waals surface area contributed by atoms with Gasteiger partial charge in [-0.25, -0.2) is 0 Å². The van der Waals surface area contributed by atoms with Gasteiger partial charge in [0.1, 0.15) is 6.10 Å². The second-order valence-electron chi connectivity index (χ2n) is 5.49. The van der Waals surface area contributed by atoms with E-state index in [2.05, 4.69) is 37.1 Å².